The normalized spacial score (nSPS) is 20.8. The first-order chi connectivity index (χ1) is 13.8. The Labute approximate surface area is 165 Å². The number of carbonyl (C=O) groups excluding carboxylic acids is 1. The summed E-state index contributed by atoms with van der Waals surface area (Å²) in [6, 6.07) is 14.5. The van der Waals surface area contributed by atoms with Gasteiger partial charge in [0.15, 0.2) is 0 Å². The minimum absolute atomic E-state index is 0.00348. The van der Waals surface area contributed by atoms with Gasteiger partial charge in [0.1, 0.15) is 11.7 Å². The summed E-state index contributed by atoms with van der Waals surface area (Å²) in [4.78, 5) is 25.3. The highest BCUT2D eigenvalue weighted by molar-refractivity contribution is 5.86. The summed E-state index contributed by atoms with van der Waals surface area (Å²) in [6.45, 7) is 2.66. The zero-order valence-corrected chi connectivity index (χ0v) is 16.1. The van der Waals surface area contributed by atoms with Crippen LogP contribution in [0.2, 0.25) is 0 Å². The quantitative estimate of drug-likeness (QED) is 0.756. The molecule has 1 unspecified atom stereocenters. The molecule has 2 fully saturated rings. The second-order valence-corrected chi connectivity index (χ2v) is 7.93. The number of fused-ring (bicyclic) bond motifs is 1. The molecule has 0 aliphatic carbocycles. The van der Waals surface area contributed by atoms with Crippen molar-refractivity contribution in [2.24, 2.45) is 0 Å². The zero-order chi connectivity index (χ0) is 18.9. The molecule has 5 nitrogen and oxygen atoms in total. The van der Waals surface area contributed by atoms with Gasteiger partial charge in [-0.25, -0.2) is 4.98 Å². The molecule has 2 saturated heterocycles. The molecule has 4 heterocycles. The molecule has 144 valence electrons. The third-order valence-electron chi connectivity index (χ3n) is 6.36. The molecule has 5 rings (SSSR count). The van der Waals surface area contributed by atoms with Gasteiger partial charge in [0, 0.05) is 43.1 Å². The number of para-hydroxylation sites is 1. The first-order valence-corrected chi connectivity index (χ1v) is 10.3. The van der Waals surface area contributed by atoms with Crippen molar-refractivity contribution >= 4 is 22.6 Å². The van der Waals surface area contributed by atoms with Gasteiger partial charge >= 0.3 is 0 Å². The third-order valence-corrected chi connectivity index (χ3v) is 6.36. The summed E-state index contributed by atoms with van der Waals surface area (Å²) in [5.41, 5.74) is 3.47. The number of benzene rings is 1. The Morgan fingerprint density at radius 1 is 1.00 bits per heavy atom. The summed E-state index contributed by atoms with van der Waals surface area (Å²) in [5, 5.41) is 1.22. The minimum atomic E-state index is -0.00348. The van der Waals surface area contributed by atoms with Gasteiger partial charge in [-0.3, -0.25) is 4.79 Å². The molecule has 3 aromatic rings. The van der Waals surface area contributed by atoms with Crippen LogP contribution in [-0.4, -0.2) is 46.5 Å². The summed E-state index contributed by atoms with van der Waals surface area (Å²) in [7, 11) is 0. The van der Waals surface area contributed by atoms with Crippen molar-refractivity contribution in [3.05, 3.63) is 60.4 Å². The maximum atomic E-state index is 13.3. The molecular weight excluding hydrogens is 348 g/mol. The van der Waals surface area contributed by atoms with E-state index in [2.05, 4.69) is 56.3 Å². The van der Waals surface area contributed by atoms with Crippen LogP contribution in [0, 0.1) is 0 Å². The number of nitrogens with zero attached hydrogens (tertiary/aromatic N) is 3. The standard InChI is InChI=1S/C23H26N4O/c28-23(21-9-5-13-27(21)18-6-2-1-3-7-18)26-14-10-17(11-15-26)20-16-25-22-19(20)8-4-12-24-22/h1-4,6-8,12,16-17,21H,5,9-11,13-15H2,(H,24,25). The Morgan fingerprint density at radius 3 is 2.64 bits per heavy atom. The second kappa shape index (κ2) is 7.30. The van der Waals surface area contributed by atoms with Gasteiger partial charge in [0.05, 0.1) is 0 Å². The predicted octanol–water partition coefficient (Wildman–Crippen LogP) is 3.94. The minimum Gasteiger partial charge on any atom is -0.360 e. The molecule has 5 heteroatoms. The number of H-pyrrole nitrogens is 1. The number of carbonyl (C=O) groups is 1. The highest BCUT2D eigenvalue weighted by atomic mass is 16.2. The first kappa shape index (κ1) is 17.3. The Kier molecular flexibility index (Phi) is 4.51. The molecule has 1 aromatic carbocycles. The van der Waals surface area contributed by atoms with Gasteiger partial charge in [0.2, 0.25) is 5.91 Å². The highest BCUT2D eigenvalue weighted by Crippen LogP contribution is 2.34. The van der Waals surface area contributed by atoms with E-state index in [4.69, 9.17) is 0 Å². The van der Waals surface area contributed by atoms with Crippen LogP contribution in [0.3, 0.4) is 0 Å². The van der Waals surface area contributed by atoms with Crippen molar-refractivity contribution < 1.29 is 4.79 Å². The van der Waals surface area contributed by atoms with Crippen LogP contribution in [0.25, 0.3) is 11.0 Å². The lowest BCUT2D eigenvalue weighted by Crippen LogP contribution is -2.48. The average molecular weight is 374 g/mol. The number of rotatable bonds is 3. The van der Waals surface area contributed by atoms with Gasteiger partial charge < -0.3 is 14.8 Å². The van der Waals surface area contributed by atoms with Gasteiger partial charge in [-0.2, -0.15) is 0 Å². The Balaban J connectivity index is 1.27. The van der Waals surface area contributed by atoms with Crippen molar-refractivity contribution in [2.45, 2.75) is 37.6 Å². The average Bonchev–Trinajstić information content (AvgIpc) is 3.41. The van der Waals surface area contributed by atoms with Crippen molar-refractivity contribution in [3.8, 4) is 0 Å². The van der Waals surface area contributed by atoms with Crippen LogP contribution in [0.5, 0.6) is 0 Å². The number of nitrogens with one attached hydrogen (secondary N) is 1. The van der Waals surface area contributed by atoms with E-state index in [-0.39, 0.29) is 6.04 Å². The molecule has 0 saturated carbocycles. The smallest absolute Gasteiger partial charge is 0.245 e. The van der Waals surface area contributed by atoms with Gasteiger partial charge in [-0.05, 0) is 61.4 Å². The van der Waals surface area contributed by atoms with Crippen LogP contribution < -0.4 is 4.90 Å². The molecule has 0 radical (unpaired) electrons. The number of piperidine rings is 1. The molecule has 2 aliphatic heterocycles. The van der Waals surface area contributed by atoms with E-state index in [1.807, 2.05) is 18.3 Å². The van der Waals surface area contributed by atoms with Crippen LogP contribution in [-0.2, 0) is 4.79 Å². The molecular formula is C23H26N4O. The Morgan fingerprint density at radius 2 is 1.82 bits per heavy atom. The largest absolute Gasteiger partial charge is 0.360 e. The Hall–Kier alpha value is -2.82. The topological polar surface area (TPSA) is 52.2 Å². The Bertz CT molecular complexity index is 959. The lowest BCUT2D eigenvalue weighted by Gasteiger charge is -2.36. The van der Waals surface area contributed by atoms with Gasteiger partial charge in [-0.15, -0.1) is 0 Å². The molecule has 1 N–H and O–H groups in total. The molecule has 2 aromatic heterocycles. The van der Waals surface area contributed by atoms with Crippen LogP contribution in [0.1, 0.15) is 37.2 Å². The number of aromatic amines is 1. The van der Waals surface area contributed by atoms with E-state index in [9.17, 15) is 4.79 Å². The number of amides is 1. The van der Waals surface area contributed by atoms with E-state index in [0.29, 0.717) is 11.8 Å². The van der Waals surface area contributed by atoms with Crippen LogP contribution in [0.15, 0.2) is 54.9 Å². The van der Waals surface area contributed by atoms with E-state index in [0.717, 1.165) is 51.0 Å². The third kappa shape index (κ3) is 3.05. The van der Waals surface area contributed by atoms with Crippen molar-refractivity contribution in [1.29, 1.82) is 0 Å². The molecule has 1 amide bonds. The van der Waals surface area contributed by atoms with Gasteiger partial charge in [-0.1, -0.05) is 18.2 Å². The van der Waals surface area contributed by atoms with Crippen LogP contribution >= 0.6 is 0 Å². The van der Waals surface area contributed by atoms with E-state index >= 15 is 0 Å². The number of anilines is 1. The van der Waals surface area contributed by atoms with Crippen molar-refractivity contribution in [1.82, 2.24) is 14.9 Å². The monoisotopic (exact) mass is 374 g/mol. The lowest BCUT2D eigenvalue weighted by atomic mass is 9.89. The second-order valence-electron chi connectivity index (χ2n) is 7.93. The van der Waals surface area contributed by atoms with E-state index in [1.54, 1.807) is 0 Å². The molecule has 0 spiro atoms. The zero-order valence-electron chi connectivity index (χ0n) is 16.1. The maximum Gasteiger partial charge on any atom is 0.245 e. The summed E-state index contributed by atoms with van der Waals surface area (Å²) in [6.07, 6.45) is 8.01. The number of aromatic nitrogens is 2. The van der Waals surface area contributed by atoms with E-state index in [1.165, 1.54) is 16.6 Å². The van der Waals surface area contributed by atoms with E-state index < -0.39 is 0 Å². The fourth-order valence-corrected chi connectivity index (χ4v) is 4.89. The summed E-state index contributed by atoms with van der Waals surface area (Å²) >= 11 is 0. The molecule has 28 heavy (non-hydrogen) atoms. The summed E-state index contributed by atoms with van der Waals surface area (Å²) in [5.74, 6) is 0.802. The highest BCUT2D eigenvalue weighted by Gasteiger charge is 2.35. The predicted molar refractivity (Wildman–Crippen MR) is 111 cm³/mol. The lowest BCUT2D eigenvalue weighted by molar-refractivity contribution is -0.133. The number of pyridine rings is 1. The molecule has 2 aliphatic rings. The number of hydrogen-bond donors (Lipinski definition) is 1. The fraction of sp³-hybridized carbons (Fsp3) is 0.391. The SMILES string of the molecule is O=C(C1CCCN1c1ccccc1)N1CCC(c2c[nH]c3ncccc23)CC1. The number of likely N-dealkylation sites (tertiary alicyclic amines) is 1. The van der Waals surface area contributed by atoms with Crippen molar-refractivity contribution in [2.75, 3.05) is 24.5 Å². The van der Waals surface area contributed by atoms with Crippen LogP contribution in [0.4, 0.5) is 5.69 Å². The number of hydrogen-bond acceptors (Lipinski definition) is 3. The molecule has 0 bridgehead atoms. The fourth-order valence-electron chi connectivity index (χ4n) is 4.89. The molecule has 1 atom stereocenters. The van der Waals surface area contributed by atoms with Crippen molar-refractivity contribution in [3.63, 3.8) is 0 Å². The maximum absolute atomic E-state index is 13.3. The first-order valence-electron chi connectivity index (χ1n) is 10.3. The van der Waals surface area contributed by atoms with Gasteiger partial charge in [0.25, 0.3) is 0 Å². The summed E-state index contributed by atoms with van der Waals surface area (Å²) < 4.78 is 0.